The minimum absolute atomic E-state index is 0.302. The number of fused-ring (bicyclic) bond motifs is 1. The molecule has 24 heavy (non-hydrogen) atoms. The third-order valence-corrected chi connectivity index (χ3v) is 3.95. The lowest BCUT2D eigenvalue weighted by molar-refractivity contribution is -0.136. The Kier molecular flexibility index (Phi) is 4.46. The Balaban J connectivity index is 1.90. The van der Waals surface area contributed by atoms with Crippen molar-refractivity contribution >= 4 is 17.4 Å². The first kappa shape index (κ1) is 16.0. The molecule has 6 nitrogen and oxygen atoms in total. The molecule has 0 fully saturated rings. The van der Waals surface area contributed by atoms with Gasteiger partial charge >= 0.3 is 5.97 Å². The summed E-state index contributed by atoms with van der Waals surface area (Å²) in [5, 5.41) is 0. The first-order valence-electron chi connectivity index (χ1n) is 7.86. The SMILES string of the molecule is CCOC(=O)C1=C(N)Cc2c1ncnc2N(C)Cc1ccccc1. The molecule has 0 atom stereocenters. The van der Waals surface area contributed by atoms with E-state index in [-0.39, 0.29) is 0 Å². The van der Waals surface area contributed by atoms with E-state index in [2.05, 4.69) is 22.1 Å². The van der Waals surface area contributed by atoms with Gasteiger partial charge in [-0.3, -0.25) is 0 Å². The number of nitrogens with zero attached hydrogens (tertiary/aromatic N) is 3. The summed E-state index contributed by atoms with van der Waals surface area (Å²) in [6.45, 7) is 2.78. The molecule has 1 heterocycles. The Labute approximate surface area is 141 Å². The molecule has 0 saturated heterocycles. The van der Waals surface area contributed by atoms with Gasteiger partial charge < -0.3 is 15.4 Å². The largest absolute Gasteiger partial charge is 0.462 e. The molecular weight excluding hydrogens is 304 g/mol. The first-order valence-corrected chi connectivity index (χ1v) is 7.86. The predicted octanol–water partition coefficient (Wildman–Crippen LogP) is 1.90. The molecule has 2 N–H and O–H groups in total. The first-order chi connectivity index (χ1) is 11.6. The summed E-state index contributed by atoms with van der Waals surface area (Å²) in [6.07, 6.45) is 1.92. The molecule has 124 valence electrons. The van der Waals surface area contributed by atoms with Crippen molar-refractivity contribution in [1.29, 1.82) is 0 Å². The van der Waals surface area contributed by atoms with E-state index in [0.717, 1.165) is 11.4 Å². The highest BCUT2D eigenvalue weighted by molar-refractivity contribution is 6.18. The lowest BCUT2D eigenvalue weighted by Gasteiger charge is -2.21. The number of rotatable bonds is 5. The van der Waals surface area contributed by atoms with Gasteiger partial charge in [0.05, 0.1) is 12.3 Å². The number of carbonyl (C=O) groups is 1. The quantitative estimate of drug-likeness (QED) is 0.846. The molecule has 3 rings (SSSR count). The van der Waals surface area contributed by atoms with E-state index in [1.54, 1.807) is 6.92 Å². The Morgan fingerprint density at radius 3 is 2.75 bits per heavy atom. The molecule has 0 amide bonds. The monoisotopic (exact) mass is 324 g/mol. The van der Waals surface area contributed by atoms with Gasteiger partial charge in [0, 0.05) is 31.3 Å². The fraction of sp³-hybridized carbons (Fsp3) is 0.278. The number of hydrogen-bond acceptors (Lipinski definition) is 6. The molecule has 0 unspecified atom stereocenters. The summed E-state index contributed by atoms with van der Waals surface area (Å²) in [4.78, 5) is 22.9. The molecule has 0 saturated carbocycles. The maximum atomic E-state index is 12.2. The zero-order valence-corrected chi connectivity index (χ0v) is 13.8. The summed E-state index contributed by atoms with van der Waals surface area (Å²) >= 11 is 0. The summed E-state index contributed by atoms with van der Waals surface area (Å²) < 4.78 is 5.10. The van der Waals surface area contributed by atoms with Crippen LogP contribution in [0.25, 0.3) is 5.57 Å². The van der Waals surface area contributed by atoms with E-state index in [9.17, 15) is 4.79 Å². The maximum Gasteiger partial charge on any atom is 0.342 e. The summed E-state index contributed by atoms with van der Waals surface area (Å²) in [5.41, 5.74) is 9.55. The van der Waals surface area contributed by atoms with Crippen molar-refractivity contribution in [2.75, 3.05) is 18.6 Å². The van der Waals surface area contributed by atoms with Crippen molar-refractivity contribution < 1.29 is 9.53 Å². The lowest BCUT2D eigenvalue weighted by Crippen LogP contribution is -2.20. The van der Waals surface area contributed by atoms with Gasteiger partial charge in [-0.2, -0.15) is 0 Å². The van der Waals surface area contributed by atoms with E-state index in [1.165, 1.54) is 11.9 Å². The normalized spacial score (nSPS) is 12.9. The zero-order valence-electron chi connectivity index (χ0n) is 13.8. The highest BCUT2D eigenvalue weighted by atomic mass is 16.5. The predicted molar refractivity (Wildman–Crippen MR) is 92.0 cm³/mol. The van der Waals surface area contributed by atoms with E-state index in [0.29, 0.717) is 36.5 Å². The highest BCUT2D eigenvalue weighted by Crippen LogP contribution is 2.34. The molecule has 0 aliphatic heterocycles. The second kappa shape index (κ2) is 6.70. The van der Waals surface area contributed by atoms with Crippen LogP contribution in [0.15, 0.2) is 42.4 Å². The zero-order chi connectivity index (χ0) is 17.1. The second-order valence-corrected chi connectivity index (χ2v) is 5.66. The number of benzene rings is 1. The Morgan fingerprint density at radius 2 is 2.04 bits per heavy atom. The number of carbonyl (C=O) groups excluding carboxylic acids is 1. The van der Waals surface area contributed by atoms with Crippen LogP contribution in [0.5, 0.6) is 0 Å². The van der Waals surface area contributed by atoms with Crippen LogP contribution in [0.1, 0.15) is 23.7 Å². The van der Waals surface area contributed by atoms with Crippen LogP contribution in [-0.4, -0.2) is 29.6 Å². The molecule has 1 aromatic heterocycles. The van der Waals surface area contributed by atoms with Crippen molar-refractivity contribution in [3.63, 3.8) is 0 Å². The van der Waals surface area contributed by atoms with Crippen LogP contribution in [0.2, 0.25) is 0 Å². The van der Waals surface area contributed by atoms with E-state index in [4.69, 9.17) is 10.5 Å². The molecule has 0 spiro atoms. The number of nitrogens with two attached hydrogens (primary N) is 1. The van der Waals surface area contributed by atoms with Crippen molar-refractivity contribution in [3.8, 4) is 0 Å². The van der Waals surface area contributed by atoms with Gasteiger partial charge in [-0.15, -0.1) is 0 Å². The van der Waals surface area contributed by atoms with Crippen LogP contribution in [-0.2, 0) is 22.5 Å². The van der Waals surface area contributed by atoms with Crippen molar-refractivity contribution in [3.05, 3.63) is 59.2 Å². The molecule has 1 aliphatic rings. The Hall–Kier alpha value is -2.89. The summed E-state index contributed by atoms with van der Waals surface area (Å²) in [7, 11) is 1.97. The van der Waals surface area contributed by atoms with Crippen molar-refractivity contribution in [2.45, 2.75) is 19.9 Å². The van der Waals surface area contributed by atoms with Gasteiger partial charge in [-0.1, -0.05) is 30.3 Å². The molecule has 6 heteroatoms. The maximum absolute atomic E-state index is 12.2. The van der Waals surface area contributed by atoms with Crippen LogP contribution in [0.3, 0.4) is 0 Å². The van der Waals surface area contributed by atoms with Gasteiger partial charge in [-0.05, 0) is 12.5 Å². The van der Waals surface area contributed by atoms with Crippen LogP contribution in [0.4, 0.5) is 5.82 Å². The molecule has 0 bridgehead atoms. The average Bonchev–Trinajstić information content (AvgIpc) is 2.91. The third-order valence-electron chi connectivity index (χ3n) is 3.95. The molecule has 1 aliphatic carbocycles. The smallest absolute Gasteiger partial charge is 0.342 e. The number of esters is 1. The van der Waals surface area contributed by atoms with E-state index in [1.807, 2.05) is 30.1 Å². The van der Waals surface area contributed by atoms with Crippen LogP contribution < -0.4 is 10.6 Å². The summed E-state index contributed by atoms with van der Waals surface area (Å²) in [6, 6.07) is 10.1. The standard InChI is InChI=1S/C18H20N4O2/c1-3-24-18(23)15-14(19)9-13-16(15)20-11-21-17(13)22(2)10-12-7-5-4-6-8-12/h4-8,11H,3,9-10,19H2,1-2H3. The number of aromatic nitrogens is 2. The van der Waals surface area contributed by atoms with E-state index < -0.39 is 5.97 Å². The van der Waals surface area contributed by atoms with Gasteiger partial charge in [0.1, 0.15) is 17.7 Å². The van der Waals surface area contributed by atoms with Gasteiger partial charge in [0.2, 0.25) is 0 Å². The summed E-state index contributed by atoms with van der Waals surface area (Å²) in [5.74, 6) is 0.357. The highest BCUT2D eigenvalue weighted by Gasteiger charge is 2.31. The topological polar surface area (TPSA) is 81.3 Å². The van der Waals surface area contributed by atoms with Crippen molar-refractivity contribution in [2.24, 2.45) is 5.73 Å². The molecular formula is C18H20N4O2. The fourth-order valence-corrected chi connectivity index (χ4v) is 2.90. The molecule has 2 aromatic rings. The minimum atomic E-state index is -0.427. The van der Waals surface area contributed by atoms with Gasteiger partial charge in [0.25, 0.3) is 0 Å². The number of hydrogen-bond donors (Lipinski definition) is 1. The van der Waals surface area contributed by atoms with Crippen LogP contribution >= 0.6 is 0 Å². The van der Waals surface area contributed by atoms with E-state index >= 15 is 0 Å². The van der Waals surface area contributed by atoms with Crippen molar-refractivity contribution in [1.82, 2.24) is 9.97 Å². The second-order valence-electron chi connectivity index (χ2n) is 5.66. The van der Waals surface area contributed by atoms with Gasteiger partial charge in [0.15, 0.2) is 0 Å². The minimum Gasteiger partial charge on any atom is -0.462 e. The molecule has 0 radical (unpaired) electrons. The van der Waals surface area contributed by atoms with Gasteiger partial charge in [-0.25, -0.2) is 14.8 Å². The number of ether oxygens (including phenoxy) is 1. The Bertz CT molecular complexity index is 787. The third kappa shape index (κ3) is 2.95. The Morgan fingerprint density at radius 1 is 1.29 bits per heavy atom. The lowest BCUT2D eigenvalue weighted by atomic mass is 10.1. The molecule has 1 aromatic carbocycles. The number of anilines is 1. The fourth-order valence-electron chi connectivity index (χ4n) is 2.90. The average molecular weight is 324 g/mol. The number of allylic oxidation sites excluding steroid dienone is 1. The van der Waals surface area contributed by atoms with Crippen LogP contribution in [0, 0.1) is 0 Å².